The van der Waals surface area contributed by atoms with Crippen LogP contribution in [-0.4, -0.2) is 47.1 Å². The number of pyridine rings is 2. The number of Topliss-reactive ketones (excluding diaryl/α,β-unsaturated/α-hetero) is 1. The second-order valence-corrected chi connectivity index (χ2v) is 7.96. The van der Waals surface area contributed by atoms with E-state index in [-0.39, 0.29) is 12.2 Å². The molecule has 0 saturated carbocycles. The van der Waals surface area contributed by atoms with Gasteiger partial charge in [-0.05, 0) is 44.5 Å². The van der Waals surface area contributed by atoms with Crippen molar-refractivity contribution in [2.24, 2.45) is 10.2 Å². The number of azo groups is 1. The third-order valence-corrected chi connectivity index (χ3v) is 4.27. The topological polar surface area (TPSA) is 137 Å². The van der Waals surface area contributed by atoms with Gasteiger partial charge in [0.05, 0.1) is 18.1 Å². The minimum absolute atomic E-state index is 0.00406. The summed E-state index contributed by atoms with van der Waals surface area (Å²) in [6.45, 7) is 5.27. The van der Waals surface area contributed by atoms with Crippen molar-refractivity contribution in [2.75, 3.05) is 0 Å². The monoisotopic (exact) mass is 444 g/mol. The average Bonchev–Trinajstić information content (AvgIpc) is 3.24. The molecule has 4 aromatic rings. The van der Waals surface area contributed by atoms with Crippen molar-refractivity contribution in [3.05, 3.63) is 66.5 Å². The molecule has 4 rings (SSSR count). The minimum Gasteiger partial charge on any atom is -0.454 e. The van der Waals surface area contributed by atoms with Crippen LogP contribution in [0.2, 0.25) is 0 Å². The van der Waals surface area contributed by atoms with E-state index in [1.807, 2.05) is 18.2 Å². The molecular formula is C22H20N8O3. The van der Waals surface area contributed by atoms with Gasteiger partial charge in [0.2, 0.25) is 0 Å². The minimum atomic E-state index is -0.943. The summed E-state index contributed by atoms with van der Waals surface area (Å²) in [4.78, 5) is 40.8. The summed E-state index contributed by atoms with van der Waals surface area (Å²) in [6, 6.07) is 8.60. The number of ether oxygens (including phenoxy) is 1. The maximum Gasteiger partial charge on any atom is 0.381 e. The zero-order chi connectivity index (χ0) is 23.4. The van der Waals surface area contributed by atoms with E-state index in [1.54, 1.807) is 43.9 Å². The van der Waals surface area contributed by atoms with Crippen LogP contribution < -0.4 is 0 Å². The largest absolute Gasteiger partial charge is 0.454 e. The molecule has 0 aliphatic rings. The third-order valence-electron chi connectivity index (χ3n) is 4.27. The van der Waals surface area contributed by atoms with Crippen LogP contribution in [0.3, 0.4) is 0 Å². The highest BCUT2D eigenvalue weighted by Gasteiger charge is 2.24. The van der Waals surface area contributed by atoms with Crippen molar-refractivity contribution in [3.8, 4) is 5.82 Å². The summed E-state index contributed by atoms with van der Waals surface area (Å²) in [7, 11) is 0. The van der Waals surface area contributed by atoms with Crippen LogP contribution in [-0.2, 0) is 16.1 Å². The third kappa shape index (κ3) is 5.09. The van der Waals surface area contributed by atoms with E-state index in [0.29, 0.717) is 28.2 Å². The number of hydrogen-bond acceptors (Lipinski definition) is 10. The highest BCUT2D eigenvalue weighted by atomic mass is 16.6. The summed E-state index contributed by atoms with van der Waals surface area (Å²) < 4.78 is 6.68. The van der Waals surface area contributed by atoms with Gasteiger partial charge in [-0.3, -0.25) is 9.78 Å². The Balaban J connectivity index is 1.46. The molecule has 0 atom stereocenters. The lowest BCUT2D eigenvalue weighted by Gasteiger charge is -2.18. The molecule has 0 aliphatic heterocycles. The van der Waals surface area contributed by atoms with Crippen molar-refractivity contribution >= 4 is 28.6 Å². The lowest BCUT2D eigenvalue weighted by Crippen LogP contribution is -2.29. The van der Waals surface area contributed by atoms with Crippen LogP contribution in [0.15, 0.2) is 65.5 Å². The first-order valence-corrected chi connectivity index (χ1v) is 10.0. The average molecular weight is 444 g/mol. The Hall–Kier alpha value is -4.41. The SMILES string of the molecule is CC(C)(C)OC(=O)C(=O)c1ccc(CN=Nc2ncnc3c2cnn3-c2ccccn2)cn1. The van der Waals surface area contributed by atoms with E-state index in [2.05, 4.69) is 35.3 Å². The molecule has 0 bridgehead atoms. The van der Waals surface area contributed by atoms with E-state index in [9.17, 15) is 9.59 Å². The second-order valence-electron chi connectivity index (χ2n) is 7.96. The van der Waals surface area contributed by atoms with Gasteiger partial charge < -0.3 is 4.74 Å². The van der Waals surface area contributed by atoms with E-state index in [0.717, 1.165) is 0 Å². The number of esters is 1. The second kappa shape index (κ2) is 8.99. The molecule has 33 heavy (non-hydrogen) atoms. The zero-order valence-electron chi connectivity index (χ0n) is 18.2. The first-order chi connectivity index (χ1) is 15.8. The molecule has 0 N–H and O–H groups in total. The fourth-order valence-electron chi connectivity index (χ4n) is 2.82. The number of nitrogens with zero attached hydrogens (tertiary/aromatic N) is 8. The van der Waals surface area contributed by atoms with Crippen LogP contribution in [0.4, 0.5) is 5.82 Å². The number of carbonyl (C=O) groups excluding carboxylic acids is 2. The smallest absolute Gasteiger partial charge is 0.381 e. The molecule has 0 aliphatic carbocycles. The van der Waals surface area contributed by atoms with E-state index in [1.165, 1.54) is 18.6 Å². The van der Waals surface area contributed by atoms with Gasteiger partial charge in [-0.2, -0.15) is 14.9 Å². The normalized spacial score (nSPS) is 11.7. The van der Waals surface area contributed by atoms with E-state index < -0.39 is 17.4 Å². The standard InChI is InChI=1S/C22H20N8O3/c1-22(2,3)33-21(32)18(31)16-8-7-14(10-24-16)11-27-29-19-15-12-28-30(20(15)26-13-25-19)17-6-4-5-9-23-17/h4-10,12-13H,11H2,1-3H3. The highest BCUT2D eigenvalue weighted by Crippen LogP contribution is 2.23. The number of fused-ring (bicyclic) bond motifs is 1. The fourth-order valence-corrected chi connectivity index (χ4v) is 2.82. The first-order valence-electron chi connectivity index (χ1n) is 10.0. The first kappa shape index (κ1) is 21.8. The van der Waals surface area contributed by atoms with Gasteiger partial charge >= 0.3 is 5.97 Å². The lowest BCUT2D eigenvalue weighted by atomic mass is 10.2. The quantitative estimate of drug-likeness (QED) is 0.191. The summed E-state index contributed by atoms with van der Waals surface area (Å²) in [5, 5.41) is 13.3. The van der Waals surface area contributed by atoms with Crippen molar-refractivity contribution in [1.82, 2.24) is 29.7 Å². The molecule has 11 nitrogen and oxygen atoms in total. The number of rotatable bonds is 6. The predicted molar refractivity (Wildman–Crippen MR) is 117 cm³/mol. The van der Waals surface area contributed by atoms with Crippen LogP contribution in [0.5, 0.6) is 0 Å². The molecule has 0 unspecified atom stereocenters. The zero-order valence-corrected chi connectivity index (χ0v) is 18.2. The van der Waals surface area contributed by atoms with Gasteiger partial charge in [-0.15, -0.1) is 5.11 Å². The Morgan fingerprint density at radius 3 is 2.58 bits per heavy atom. The van der Waals surface area contributed by atoms with Crippen molar-refractivity contribution in [2.45, 2.75) is 32.9 Å². The van der Waals surface area contributed by atoms with Crippen LogP contribution in [0, 0.1) is 0 Å². The Morgan fingerprint density at radius 2 is 1.88 bits per heavy atom. The van der Waals surface area contributed by atoms with Crippen molar-refractivity contribution in [1.29, 1.82) is 0 Å². The molecule has 0 saturated heterocycles. The predicted octanol–water partition coefficient (Wildman–Crippen LogP) is 3.41. The van der Waals surface area contributed by atoms with Crippen LogP contribution in [0.25, 0.3) is 16.9 Å². The van der Waals surface area contributed by atoms with Crippen molar-refractivity contribution < 1.29 is 14.3 Å². The van der Waals surface area contributed by atoms with Gasteiger partial charge in [0.25, 0.3) is 5.78 Å². The summed E-state index contributed by atoms with van der Waals surface area (Å²) in [5.74, 6) is -0.749. The summed E-state index contributed by atoms with van der Waals surface area (Å²) >= 11 is 0. The maximum absolute atomic E-state index is 12.2. The van der Waals surface area contributed by atoms with Gasteiger partial charge in [0.1, 0.15) is 17.6 Å². The molecule has 11 heteroatoms. The number of carbonyl (C=O) groups is 2. The fraction of sp³-hybridized carbons (Fsp3) is 0.227. The van der Waals surface area contributed by atoms with Crippen molar-refractivity contribution in [3.63, 3.8) is 0 Å². The highest BCUT2D eigenvalue weighted by molar-refractivity contribution is 6.40. The molecular weight excluding hydrogens is 424 g/mol. The molecule has 0 amide bonds. The molecule has 0 spiro atoms. The number of hydrogen-bond donors (Lipinski definition) is 0. The summed E-state index contributed by atoms with van der Waals surface area (Å²) in [6.07, 6.45) is 6.13. The molecule has 0 radical (unpaired) electrons. The Bertz CT molecular complexity index is 1330. The molecule has 4 aromatic heterocycles. The molecule has 166 valence electrons. The lowest BCUT2D eigenvalue weighted by molar-refractivity contribution is -0.148. The van der Waals surface area contributed by atoms with Gasteiger partial charge in [-0.1, -0.05) is 12.1 Å². The Morgan fingerprint density at radius 1 is 1.03 bits per heavy atom. The van der Waals surface area contributed by atoms with Gasteiger partial charge in [0, 0.05) is 12.4 Å². The van der Waals surface area contributed by atoms with Gasteiger partial charge in [0.15, 0.2) is 17.3 Å². The van der Waals surface area contributed by atoms with E-state index >= 15 is 0 Å². The Kier molecular flexibility index (Phi) is 5.94. The maximum atomic E-state index is 12.2. The number of ketones is 1. The molecule has 0 fully saturated rings. The Labute approximate surface area is 188 Å². The van der Waals surface area contributed by atoms with Gasteiger partial charge in [-0.25, -0.2) is 19.7 Å². The summed E-state index contributed by atoms with van der Waals surface area (Å²) in [5.41, 5.74) is 0.510. The van der Waals surface area contributed by atoms with Crippen LogP contribution in [0.1, 0.15) is 36.8 Å². The van der Waals surface area contributed by atoms with E-state index in [4.69, 9.17) is 4.74 Å². The molecule has 0 aromatic carbocycles. The van der Waals surface area contributed by atoms with Crippen LogP contribution >= 0.6 is 0 Å². The molecule has 4 heterocycles. The number of aromatic nitrogens is 6.